The summed E-state index contributed by atoms with van der Waals surface area (Å²) in [6, 6.07) is 1.51. The topological polar surface area (TPSA) is 112 Å². The fourth-order valence-electron chi connectivity index (χ4n) is 1.89. The molecule has 0 atom stereocenters. The van der Waals surface area contributed by atoms with E-state index in [1.165, 1.54) is 12.3 Å². The van der Waals surface area contributed by atoms with Gasteiger partial charge >= 0.3 is 0 Å². The molecule has 25 heavy (non-hydrogen) atoms. The molecule has 0 saturated heterocycles. The first kappa shape index (κ1) is 21.0. The third-order valence-corrected chi connectivity index (χ3v) is 4.11. The Kier molecular flexibility index (Phi) is 7.95. The second-order valence-corrected chi connectivity index (χ2v) is 5.71. The number of pyridine rings is 2. The molecule has 11 heteroatoms. The molecule has 2 aromatic heterocycles. The van der Waals surface area contributed by atoms with Gasteiger partial charge < -0.3 is 0 Å². The smallest absolute Gasteiger partial charge is 0.258 e. The molecule has 0 bridgehead atoms. The summed E-state index contributed by atoms with van der Waals surface area (Å²) in [5, 5.41) is 21.5. The van der Waals surface area contributed by atoms with Gasteiger partial charge in [-0.2, -0.15) is 0 Å². The number of hydrogen-bond donors (Lipinski definition) is 0. The van der Waals surface area contributed by atoms with E-state index < -0.39 is 9.85 Å². The lowest BCUT2D eigenvalue weighted by atomic mass is 10.2. The van der Waals surface area contributed by atoms with Crippen molar-refractivity contribution in [3.8, 4) is 0 Å². The second kappa shape index (κ2) is 9.45. The predicted molar refractivity (Wildman–Crippen MR) is 95.6 cm³/mol. The van der Waals surface area contributed by atoms with Gasteiger partial charge in [0.2, 0.25) is 0 Å². The minimum absolute atomic E-state index is 0.0295. The molecular formula is C14H13Cl3N4O4. The van der Waals surface area contributed by atoms with Gasteiger partial charge in [-0.15, -0.1) is 0 Å². The van der Waals surface area contributed by atoms with Crippen LogP contribution >= 0.6 is 34.8 Å². The van der Waals surface area contributed by atoms with E-state index in [0.29, 0.717) is 24.0 Å². The lowest BCUT2D eigenvalue weighted by molar-refractivity contribution is -0.386. The Morgan fingerprint density at radius 2 is 1.52 bits per heavy atom. The molecular weight excluding hydrogens is 395 g/mol. The molecule has 0 aliphatic heterocycles. The van der Waals surface area contributed by atoms with Gasteiger partial charge in [0.15, 0.2) is 0 Å². The van der Waals surface area contributed by atoms with Crippen LogP contribution in [0, 0.1) is 20.2 Å². The quantitative estimate of drug-likeness (QED) is 0.397. The van der Waals surface area contributed by atoms with Crippen molar-refractivity contribution in [3.63, 3.8) is 0 Å². The lowest BCUT2D eigenvalue weighted by Crippen LogP contribution is -1.97. The summed E-state index contributed by atoms with van der Waals surface area (Å²) >= 11 is 16.9. The van der Waals surface area contributed by atoms with E-state index in [2.05, 4.69) is 9.97 Å². The number of halogens is 3. The van der Waals surface area contributed by atoms with Gasteiger partial charge in [-0.3, -0.25) is 20.2 Å². The maximum Gasteiger partial charge on any atom is 0.292 e. The van der Waals surface area contributed by atoms with E-state index in [9.17, 15) is 20.2 Å². The molecule has 0 aliphatic carbocycles. The summed E-state index contributed by atoms with van der Waals surface area (Å²) < 4.78 is 0. The number of aryl methyl sites for hydroxylation is 1. The zero-order chi connectivity index (χ0) is 19.1. The van der Waals surface area contributed by atoms with Crippen LogP contribution in [0.2, 0.25) is 15.3 Å². The summed E-state index contributed by atoms with van der Waals surface area (Å²) in [6.07, 6.45) is 3.34. The molecule has 0 fully saturated rings. The van der Waals surface area contributed by atoms with Crippen LogP contribution in [-0.2, 0) is 12.8 Å². The molecule has 0 saturated carbocycles. The Labute approximate surface area is 158 Å². The van der Waals surface area contributed by atoms with E-state index in [-0.39, 0.29) is 26.7 Å². The molecule has 0 spiro atoms. The van der Waals surface area contributed by atoms with Crippen molar-refractivity contribution in [2.75, 3.05) is 0 Å². The summed E-state index contributed by atoms with van der Waals surface area (Å²) in [7, 11) is 0. The van der Waals surface area contributed by atoms with Gasteiger partial charge in [0.25, 0.3) is 11.4 Å². The SMILES string of the molecule is CCc1c([N+](=O)[O-])cnc(Cl)c1Cl.CCc1cc(Cl)ncc1[N+](=O)[O-]. The van der Waals surface area contributed by atoms with Gasteiger partial charge in [-0.1, -0.05) is 48.7 Å². The molecule has 2 heterocycles. The Bertz CT molecular complexity index is 802. The molecule has 0 aliphatic rings. The summed E-state index contributed by atoms with van der Waals surface area (Å²) in [4.78, 5) is 27.2. The van der Waals surface area contributed by atoms with Crippen LogP contribution in [0.1, 0.15) is 25.0 Å². The van der Waals surface area contributed by atoms with E-state index in [0.717, 1.165) is 6.20 Å². The molecule has 0 amide bonds. The largest absolute Gasteiger partial charge is 0.292 e. The van der Waals surface area contributed by atoms with E-state index >= 15 is 0 Å². The maximum atomic E-state index is 10.5. The van der Waals surface area contributed by atoms with Gasteiger partial charge in [0, 0.05) is 5.56 Å². The molecule has 8 nitrogen and oxygen atoms in total. The first-order chi connectivity index (χ1) is 11.7. The first-order valence-electron chi connectivity index (χ1n) is 6.98. The lowest BCUT2D eigenvalue weighted by Gasteiger charge is -2.02. The van der Waals surface area contributed by atoms with Crippen molar-refractivity contribution >= 4 is 46.2 Å². The molecule has 134 valence electrons. The summed E-state index contributed by atoms with van der Waals surface area (Å²) in [6.45, 7) is 3.60. The Morgan fingerprint density at radius 1 is 0.960 bits per heavy atom. The number of hydrogen-bond acceptors (Lipinski definition) is 6. The second-order valence-electron chi connectivity index (χ2n) is 4.58. The van der Waals surface area contributed by atoms with Crippen molar-refractivity contribution in [3.05, 3.63) is 65.1 Å². The molecule has 0 N–H and O–H groups in total. The fourth-order valence-corrected chi connectivity index (χ4v) is 2.51. The van der Waals surface area contributed by atoms with Crippen LogP contribution in [-0.4, -0.2) is 19.8 Å². The molecule has 2 rings (SSSR count). The van der Waals surface area contributed by atoms with Crippen LogP contribution in [0.3, 0.4) is 0 Å². The summed E-state index contributed by atoms with van der Waals surface area (Å²) in [5.74, 6) is 0. The van der Waals surface area contributed by atoms with Crippen LogP contribution < -0.4 is 0 Å². The standard InChI is InChI=1S/C7H6Cl2N2O2.C7H7ClN2O2/c1-2-4-5(11(12)13)3-10-7(9)6(4)8;1-2-5-3-7(8)9-4-6(5)10(11)12/h3H,2H2,1H3;3-4H,2H2,1H3. The third-order valence-electron chi connectivity index (χ3n) is 3.12. The molecule has 0 unspecified atom stereocenters. The summed E-state index contributed by atoms with van der Waals surface area (Å²) in [5.41, 5.74) is 0.977. The highest BCUT2D eigenvalue weighted by atomic mass is 35.5. The third kappa shape index (κ3) is 5.48. The van der Waals surface area contributed by atoms with E-state index in [1.807, 2.05) is 6.92 Å². The molecule has 2 aromatic rings. The Balaban J connectivity index is 0.000000251. The van der Waals surface area contributed by atoms with Crippen molar-refractivity contribution in [2.45, 2.75) is 26.7 Å². The number of nitrogens with zero attached hydrogens (tertiary/aromatic N) is 4. The van der Waals surface area contributed by atoms with Crippen LogP contribution in [0.15, 0.2) is 18.5 Å². The normalized spacial score (nSPS) is 9.96. The van der Waals surface area contributed by atoms with Crippen LogP contribution in [0.25, 0.3) is 0 Å². The number of rotatable bonds is 4. The first-order valence-corrected chi connectivity index (χ1v) is 8.12. The van der Waals surface area contributed by atoms with Crippen molar-refractivity contribution < 1.29 is 9.85 Å². The highest BCUT2D eigenvalue weighted by Gasteiger charge is 2.18. The average Bonchev–Trinajstić information content (AvgIpc) is 2.57. The van der Waals surface area contributed by atoms with Crippen LogP contribution in [0.5, 0.6) is 0 Å². The highest BCUT2D eigenvalue weighted by molar-refractivity contribution is 6.41. The van der Waals surface area contributed by atoms with Crippen molar-refractivity contribution in [2.24, 2.45) is 0 Å². The van der Waals surface area contributed by atoms with E-state index in [4.69, 9.17) is 34.8 Å². The van der Waals surface area contributed by atoms with Gasteiger partial charge in [0.1, 0.15) is 22.7 Å². The highest BCUT2D eigenvalue weighted by Crippen LogP contribution is 2.30. The predicted octanol–water partition coefficient (Wildman–Crippen LogP) is 5.06. The minimum atomic E-state index is -0.520. The zero-order valence-corrected chi connectivity index (χ0v) is 15.5. The Hall–Kier alpha value is -2.03. The maximum absolute atomic E-state index is 10.5. The molecule has 0 radical (unpaired) electrons. The van der Waals surface area contributed by atoms with Crippen LogP contribution in [0.4, 0.5) is 11.4 Å². The van der Waals surface area contributed by atoms with Crippen molar-refractivity contribution in [1.29, 1.82) is 0 Å². The Morgan fingerprint density at radius 3 is 2.00 bits per heavy atom. The average molecular weight is 408 g/mol. The number of aromatic nitrogens is 2. The number of nitro groups is 2. The van der Waals surface area contributed by atoms with Gasteiger partial charge in [-0.25, -0.2) is 9.97 Å². The monoisotopic (exact) mass is 406 g/mol. The van der Waals surface area contributed by atoms with Gasteiger partial charge in [0.05, 0.1) is 20.4 Å². The van der Waals surface area contributed by atoms with E-state index in [1.54, 1.807) is 6.92 Å². The fraction of sp³-hybridized carbons (Fsp3) is 0.286. The minimum Gasteiger partial charge on any atom is -0.258 e. The zero-order valence-electron chi connectivity index (χ0n) is 13.2. The molecule has 0 aromatic carbocycles. The van der Waals surface area contributed by atoms with Gasteiger partial charge in [-0.05, 0) is 18.9 Å². The van der Waals surface area contributed by atoms with Crippen molar-refractivity contribution in [1.82, 2.24) is 9.97 Å².